The lowest BCUT2D eigenvalue weighted by molar-refractivity contribution is 0.439. The highest BCUT2D eigenvalue weighted by Crippen LogP contribution is 2.36. The van der Waals surface area contributed by atoms with Gasteiger partial charge in [-0.1, -0.05) is 17.3 Å². The van der Waals surface area contributed by atoms with E-state index in [9.17, 15) is 4.39 Å². The van der Waals surface area contributed by atoms with Gasteiger partial charge in [-0.25, -0.2) is 4.39 Å². The van der Waals surface area contributed by atoms with E-state index in [4.69, 9.17) is 10.3 Å². The van der Waals surface area contributed by atoms with Gasteiger partial charge in [-0.3, -0.25) is 4.98 Å². The van der Waals surface area contributed by atoms with E-state index >= 15 is 0 Å². The van der Waals surface area contributed by atoms with E-state index in [1.54, 1.807) is 24.5 Å². The highest BCUT2D eigenvalue weighted by Gasteiger charge is 2.17. The molecule has 100 valence electrons. The number of pyridine rings is 1. The average molecular weight is 269 g/mol. The number of benzene rings is 1. The molecule has 0 bridgehead atoms. The Balaban J connectivity index is 2.17. The van der Waals surface area contributed by atoms with Crippen molar-refractivity contribution in [2.75, 3.05) is 5.73 Å². The Morgan fingerprint density at radius 1 is 1.10 bits per heavy atom. The predicted molar refractivity (Wildman–Crippen MR) is 74.3 cm³/mol. The van der Waals surface area contributed by atoms with Crippen LogP contribution in [-0.4, -0.2) is 10.1 Å². The van der Waals surface area contributed by atoms with E-state index in [1.165, 1.54) is 12.1 Å². The summed E-state index contributed by atoms with van der Waals surface area (Å²) in [5, 5.41) is 3.99. The topological polar surface area (TPSA) is 64.9 Å². The fraction of sp³-hybridized carbons (Fsp3) is 0.0667. The van der Waals surface area contributed by atoms with E-state index in [2.05, 4.69) is 10.1 Å². The van der Waals surface area contributed by atoms with Gasteiger partial charge in [0.1, 0.15) is 11.5 Å². The van der Waals surface area contributed by atoms with Crippen molar-refractivity contribution in [3.05, 3.63) is 54.1 Å². The van der Waals surface area contributed by atoms with Gasteiger partial charge in [-0.2, -0.15) is 0 Å². The summed E-state index contributed by atoms with van der Waals surface area (Å²) >= 11 is 0. The minimum atomic E-state index is -0.303. The van der Waals surface area contributed by atoms with Crippen molar-refractivity contribution in [3.8, 4) is 22.4 Å². The summed E-state index contributed by atoms with van der Waals surface area (Å²) in [6.45, 7) is 1.94. The number of aryl methyl sites for hydroxylation is 1. The average Bonchev–Trinajstić information content (AvgIpc) is 2.82. The van der Waals surface area contributed by atoms with Gasteiger partial charge in [0.15, 0.2) is 0 Å². The van der Waals surface area contributed by atoms with Gasteiger partial charge in [-0.05, 0) is 36.2 Å². The number of nitrogens with two attached hydrogens (primary N) is 1. The van der Waals surface area contributed by atoms with Gasteiger partial charge in [0, 0.05) is 18.0 Å². The Labute approximate surface area is 115 Å². The quantitative estimate of drug-likeness (QED) is 0.774. The van der Waals surface area contributed by atoms with E-state index in [0.717, 1.165) is 16.7 Å². The van der Waals surface area contributed by atoms with Crippen LogP contribution in [0.3, 0.4) is 0 Å². The van der Waals surface area contributed by atoms with Gasteiger partial charge in [0.2, 0.25) is 5.88 Å². The molecular formula is C15H12FN3O. The molecule has 0 amide bonds. The Morgan fingerprint density at radius 3 is 2.55 bits per heavy atom. The van der Waals surface area contributed by atoms with Crippen molar-refractivity contribution in [2.45, 2.75) is 6.92 Å². The van der Waals surface area contributed by atoms with E-state index in [0.29, 0.717) is 11.3 Å². The molecule has 3 rings (SSSR count). The summed E-state index contributed by atoms with van der Waals surface area (Å²) in [6, 6.07) is 7.98. The van der Waals surface area contributed by atoms with Gasteiger partial charge >= 0.3 is 0 Å². The van der Waals surface area contributed by atoms with E-state index < -0.39 is 0 Å². The maximum Gasteiger partial charge on any atom is 0.230 e. The summed E-state index contributed by atoms with van der Waals surface area (Å²) in [4.78, 5) is 4.14. The smallest absolute Gasteiger partial charge is 0.230 e. The number of rotatable bonds is 2. The Bertz CT molecular complexity index is 750. The van der Waals surface area contributed by atoms with Crippen molar-refractivity contribution in [1.29, 1.82) is 0 Å². The lowest BCUT2D eigenvalue weighted by Crippen LogP contribution is -1.89. The van der Waals surface area contributed by atoms with E-state index in [-0.39, 0.29) is 11.7 Å². The summed E-state index contributed by atoms with van der Waals surface area (Å²) < 4.78 is 18.1. The molecule has 1 aromatic carbocycles. The van der Waals surface area contributed by atoms with E-state index in [1.807, 2.05) is 13.0 Å². The first-order valence-electron chi connectivity index (χ1n) is 6.08. The molecular weight excluding hydrogens is 257 g/mol. The SMILES string of the molecule is Cc1cncc(-c2noc(N)c2-c2ccc(F)cc2)c1. The molecule has 5 heteroatoms. The molecule has 0 aliphatic carbocycles. The summed E-state index contributed by atoms with van der Waals surface area (Å²) in [5.41, 5.74) is 9.67. The zero-order chi connectivity index (χ0) is 14.1. The normalized spacial score (nSPS) is 10.7. The zero-order valence-electron chi connectivity index (χ0n) is 10.8. The van der Waals surface area contributed by atoms with Crippen LogP contribution in [0, 0.1) is 12.7 Å². The maximum absolute atomic E-state index is 13.0. The van der Waals surface area contributed by atoms with Crippen LogP contribution in [-0.2, 0) is 0 Å². The fourth-order valence-electron chi connectivity index (χ4n) is 2.08. The summed E-state index contributed by atoms with van der Waals surface area (Å²) in [6.07, 6.45) is 3.45. The molecule has 0 spiro atoms. The molecule has 0 unspecified atom stereocenters. The lowest BCUT2D eigenvalue weighted by atomic mass is 10.0. The second kappa shape index (κ2) is 4.77. The van der Waals surface area contributed by atoms with Crippen LogP contribution >= 0.6 is 0 Å². The highest BCUT2D eigenvalue weighted by molar-refractivity contribution is 5.86. The molecule has 0 fully saturated rings. The van der Waals surface area contributed by atoms with Crippen molar-refractivity contribution < 1.29 is 8.91 Å². The number of hydrogen-bond acceptors (Lipinski definition) is 4. The van der Waals surface area contributed by atoms with Gasteiger partial charge in [-0.15, -0.1) is 0 Å². The van der Waals surface area contributed by atoms with Crippen LogP contribution in [0.1, 0.15) is 5.56 Å². The van der Waals surface area contributed by atoms with Crippen molar-refractivity contribution in [2.24, 2.45) is 0 Å². The molecule has 0 saturated carbocycles. The van der Waals surface area contributed by atoms with Crippen LogP contribution in [0.2, 0.25) is 0 Å². The van der Waals surface area contributed by atoms with Crippen LogP contribution in [0.5, 0.6) is 0 Å². The second-order valence-corrected chi connectivity index (χ2v) is 4.53. The molecule has 3 aromatic rings. The minimum Gasteiger partial charge on any atom is -0.367 e. The standard InChI is InChI=1S/C15H12FN3O/c1-9-6-11(8-18-7-9)14-13(15(17)20-19-14)10-2-4-12(16)5-3-10/h2-8H,17H2,1H3. The van der Waals surface area contributed by atoms with Gasteiger partial charge in [0.25, 0.3) is 0 Å². The van der Waals surface area contributed by atoms with Crippen molar-refractivity contribution >= 4 is 5.88 Å². The Kier molecular flexibility index (Phi) is 2.95. The third kappa shape index (κ3) is 2.14. The molecule has 4 nitrogen and oxygen atoms in total. The minimum absolute atomic E-state index is 0.202. The summed E-state index contributed by atoms with van der Waals surface area (Å²) in [5.74, 6) is -0.101. The highest BCUT2D eigenvalue weighted by atomic mass is 19.1. The van der Waals surface area contributed by atoms with Crippen molar-refractivity contribution in [1.82, 2.24) is 10.1 Å². The molecule has 20 heavy (non-hydrogen) atoms. The predicted octanol–water partition coefficient (Wildman–Crippen LogP) is 3.43. The fourth-order valence-corrected chi connectivity index (χ4v) is 2.08. The zero-order valence-corrected chi connectivity index (χ0v) is 10.8. The Morgan fingerprint density at radius 2 is 1.85 bits per heavy atom. The first kappa shape index (κ1) is 12.3. The number of hydrogen-bond donors (Lipinski definition) is 1. The number of halogens is 1. The van der Waals surface area contributed by atoms with Crippen LogP contribution in [0.15, 0.2) is 47.2 Å². The number of nitrogen functional groups attached to an aromatic ring is 1. The number of nitrogens with zero attached hydrogens (tertiary/aromatic N) is 2. The molecule has 0 radical (unpaired) electrons. The van der Waals surface area contributed by atoms with Crippen LogP contribution < -0.4 is 5.73 Å². The largest absolute Gasteiger partial charge is 0.367 e. The molecule has 2 heterocycles. The molecule has 0 aliphatic rings. The van der Waals surface area contributed by atoms with Crippen molar-refractivity contribution in [3.63, 3.8) is 0 Å². The summed E-state index contributed by atoms with van der Waals surface area (Å²) in [7, 11) is 0. The number of anilines is 1. The third-order valence-electron chi connectivity index (χ3n) is 3.00. The molecule has 0 saturated heterocycles. The number of aromatic nitrogens is 2. The molecule has 0 aliphatic heterocycles. The second-order valence-electron chi connectivity index (χ2n) is 4.53. The Hall–Kier alpha value is -2.69. The van der Waals surface area contributed by atoms with Crippen LogP contribution in [0.25, 0.3) is 22.4 Å². The lowest BCUT2D eigenvalue weighted by Gasteiger charge is -2.03. The molecule has 0 atom stereocenters. The van der Waals surface area contributed by atoms with Crippen LogP contribution in [0.4, 0.5) is 10.3 Å². The molecule has 2 aromatic heterocycles. The van der Waals surface area contributed by atoms with Gasteiger partial charge < -0.3 is 10.3 Å². The maximum atomic E-state index is 13.0. The van der Waals surface area contributed by atoms with Gasteiger partial charge in [0.05, 0.1) is 5.56 Å². The first-order valence-corrected chi connectivity index (χ1v) is 6.08. The third-order valence-corrected chi connectivity index (χ3v) is 3.00. The molecule has 2 N–H and O–H groups in total. The monoisotopic (exact) mass is 269 g/mol. The first-order chi connectivity index (χ1) is 9.65.